The molecule has 0 radical (unpaired) electrons. The summed E-state index contributed by atoms with van der Waals surface area (Å²) in [7, 11) is 0. The molecule has 0 saturated carbocycles. The van der Waals surface area contributed by atoms with Crippen LogP contribution in [0, 0.1) is 0 Å². The van der Waals surface area contributed by atoms with Crippen LogP contribution in [-0.2, 0) is 17.4 Å². The molecule has 7 heteroatoms. The Kier molecular flexibility index (Phi) is 3.76. The third-order valence-electron chi connectivity index (χ3n) is 1.94. The van der Waals surface area contributed by atoms with E-state index in [2.05, 4.69) is 11.6 Å². The number of carbonyl (C=O) groups is 1. The maximum atomic E-state index is 12.3. The molecule has 94 valence electrons. The average molecular weight is 273 g/mol. The average Bonchev–Trinajstić information content (AvgIpc) is 2.15. The summed E-state index contributed by atoms with van der Waals surface area (Å²) in [5.41, 5.74) is -1.16. The minimum absolute atomic E-state index is 0.162. The molecule has 0 heterocycles. The first-order valence-corrected chi connectivity index (χ1v) is 4.74. The molecule has 1 nitrogen and oxygen atoms in total. The van der Waals surface area contributed by atoms with Gasteiger partial charge in [0.1, 0.15) is 0 Å². The Balaban J connectivity index is 2.91. The number of halogens is 6. The zero-order valence-corrected chi connectivity index (χ0v) is 8.95. The van der Waals surface area contributed by atoms with Gasteiger partial charge in [0.2, 0.25) is 5.78 Å². The Hall–Kier alpha value is -1.17. The third-order valence-corrected chi connectivity index (χ3v) is 2.15. The highest BCUT2D eigenvalue weighted by atomic mass is 35.5. The second kappa shape index (κ2) is 4.60. The van der Waals surface area contributed by atoms with E-state index in [0.717, 1.165) is 18.2 Å². The van der Waals surface area contributed by atoms with Gasteiger partial charge in [-0.05, 0) is 23.2 Å². The molecule has 1 rings (SSSR count). The minimum Gasteiger partial charge on any atom is -0.291 e. The van der Waals surface area contributed by atoms with Crippen LogP contribution < -0.4 is 0 Å². The lowest BCUT2D eigenvalue weighted by molar-refractivity contribution is -0.138. The Morgan fingerprint density at radius 2 is 1.76 bits per heavy atom. The van der Waals surface area contributed by atoms with Crippen molar-refractivity contribution >= 4 is 17.4 Å². The van der Waals surface area contributed by atoms with Crippen LogP contribution in [0.25, 0.3) is 0 Å². The van der Waals surface area contributed by atoms with Crippen LogP contribution >= 0.6 is 11.6 Å². The number of hydrogen-bond acceptors (Lipinski definition) is 1. The highest BCUT2D eigenvalue weighted by Crippen LogP contribution is 2.30. The minimum atomic E-state index is -4.58. The van der Waals surface area contributed by atoms with Crippen molar-refractivity contribution in [3.05, 3.63) is 35.4 Å². The van der Waals surface area contributed by atoms with Gasteiger partial charge in [-0.1, -0.05) is 18.2 Å². The summed E-state index contributed by atoms with van der Waals surface area (Å²) in [6, 6.07) is 3.61. The van der Waals surface area contributed by atoms with E-state index in [1.54, 1.807) is 0 Å². The molecule has 0 aliphatic rings. The van der Waals surface area contributed by atoms with Crippen molar-refractivity contribution in [3.8, 4) is 0 Å². The lowest BCUT2D eigenvalue weighted by atomic mass is 10.1. The monoisotopic (exact) mass is 272 g/mol. The largest absolute Gasteiger partial charge is 0.416 e. The Morgan fingerprint density at radius 1 is 1.18 bits per heavy atom. The Bertz CT molecular complexity index is 421. The summed E-state index contributed by atoms with van der Waals surface area (Å²) in [6.45, 7) is 0. The fraction of sp³-hybridized carbons (Fsp3) is 0.300. The molecule has 0 atom stereocenters. The molecule has 17 heavy (non-hydrogen) atoms. The summed E-state index contributed by atoms with van der Waals surface area (Å²) >= 11 is 4.46. The number of carbonyl (C=O) groups excluding carboxylic acids is 1. The van der Waals surface area contributed by atoms with Crippen LogP contribution in [0.2, 0.25) is 0 Å². The number of benzene rings is 1. The van der Waals surface area contributed by atoms with E-state index < -0.39 is 29.3 Å². The van der Waals surface area contributed by atoms with Gasteiger partial charge in [-0.25, -0.2) is 0 Å². The second-order valence-corrected chi connectivity index (χ2v) is 3.77. The first kappa shape index (κ1) is 13.9. The second-order valence-electron chi connectivity index (χ2n) is 3.30. The van der Waals surface area contributed by atoms with E-state index >= 15 is 0 Å². The number of ketones is 1. The fourth-order valence-electron chi connectivity index (χ4n) is 1.14. The maximum absolute atomic E-state index is 12.3. The van der Waals surface area contributed by atoms with Crippen LogP contribution in [0.1, 0.15) is 11.1 Å². The summed E-state index contributed by atoms with van der Waals surface area (Å²) in [5.74, 6) is -1.64. The molecular formula is C10H6ClF5O. The summed E-state index contributed by atoms with van der Waals surface area (Å²) in [6.07, 6.45) is -5.43. The molecule has 0 N–H and O–H groups in total. The number of hydrogen-bond donors (Lipinski definition) is 0. The highest BCUT2D eigenvalue weighted by Gasteiger charge is 2.36. The van der Waals surface area contributed by atoms with Gasteiger partial charge in [0.25, 0.3) is 0 Å². The van der Waals surface area contributed by atoms with Crippen LogP contribution in [-0.4, -0.2) is 11.2 Å². The number of alkyl halides is 6. The SMILES string of the molecule is O=C(Cc1cccc(C(F)(F)F)c1)C(F)(F)Cl. The van der Waals surface area contributed by atoms with Gasteiger partial charge >= 0.3 is 11.6 Å². The van der Waals surface area contributed by atoms with Crippen molar-refractivity contribution in [1.29, 1.82) is 0 Å². The van der Waals surface area contributed by atoms with Crippen molar-refractivity contribution in [3.63, 3.8) is 0 Å². The van der Waals surface area contributed by atoms with Gasteiger partial charge in [0, 0.05) is 6.42 Å². The zero-order chi connectivity index (χ0) is 13.3. The highest BCUT2D eigenvalue weighted by molar-refractivity contribution is 6.32. The van der Waals surface area contributed by atoms with Gasteiger partial charge in [-0.15, -0.1) is 0 Å². The molecule has 0 aliphatic carbocycles. The van der Waals surface area contributed by atoms with Crippen molar-refractivity contribution < 1.29 is 26.7 Å². The fourth-order valence-corrected chi connectivity index (χ4v) is 1.21. The van der Waals surface area contributed by atoms with Gasteiger partial charge in [0.15, 0.2) is 0 Å². The predicted octanol–water partition coefficient (Wildman–Crippen LogP) is 3.65. The van der Waals surface area contributed by atoms with E-state index in [9.17, 15) is 26.7 Å². The van der Waals surface area contributed by atoms with Crippen molar-refractivity contribution in [2.75, 3.05) is 0 Å². The van der Waals surface area contributed by atoms with Crippen LogP contribution in [0.5, 0.6) is 0 Å². The van der Waals surface area contributed by atoms with Crippen LogP contribution in [0.15, 0.2) is 24.3 Å². The van der Waals surface area contributed by atoms with Gasteiger partial charge in [-0.3, -0.25) is 4.79 Å². The first-order chi connectivity index (χ1) is 7.60. The molecule has 1 aromatic rings. The van der Waals surface area contributed by atoms with E-state index in [1.807, 2.05) is 0 Å². The summed E-state index contributed by atoms with van der Waals surface area (Å²) in [4.78, 5) is 10.8. The zero-order valence-electron chi connectivity index (χ0n) is 8.19. The van der Waals surface area contributed by atoms with Gasteiger partial charge in [-0.2, -0.15) is 22.0 Å². The van der Waals surface area contributed by atoms with E-state index in [4.69, 9.17) is 0 Å². The van der Waals surface area contributed by atoms with Gasteiger partial charge in [0.05, 0.1) is 5.56 Å². The first-order valence-electron chi connectivity index (χ1n) is 4.37. The van der Waals surface area contributed by atoms with E-state index in [1.165, 1.54) is 0 Å². The van der Waals surface area contributed by atoms with Crippen molar-refractivity contribution in [1.82, 2.24) is 0 Å². The summed E-state index contributed by atoms with van der Waals surface area (Å²) < 4.78 is 61.5. The summed E-state index contributed by atoms with van der Waals surface area (Å²) in [5, 5.41) is -4.06. The van der Waals surface area contributed by atoms with E-state index in [0.29, 0.717) is 6.07 Å². The molecular weight excluding hydrogens is 267 g/mol. The maximum Gasteiger partial charge on any atom is 0.416 e. The molecule has 0 aromatic heterocycles. The molecule has 1 aromatic carbocycles. The number of rotatable bonds is 3. The predicted molar refractivity (Wildman–Crippen MR) is 51.0 cm³/mol. The Morgan fingerprint density at radius 3 is 2.24 bits per heavy atom. The van der Waals surface area contributed by atoms with Gasteiger partial charge < -0.3 is 0 Å². The van der Waals surface area contributed by atoms with Crippen LogP contribution in [0.4, 0.5) is 22.0 Å². The molecule has 0 aliphatic heterocycles. The standard InChI is InChI=1S/C10H6ClF5O/c11-9(12,13)8(17)5-6-2-1-3-7(4-6)10(14,15)16/h1-4H,5H2. The quantitative estimate of drug-likeness (QED) is 0.606. The molecule has 0 saturated heterocycles. The molecule has 0 amide bonds. The van der Waals surface area contributed by atoms with E-state index in [-0.39, 0.29) is 5.56 Å². The lowest BCUT2D eigenvalue weighted by Crippen LogP contribution is -2.23. The van der Waals surface area contributed by atoms with Crippen molar-refractivity contribution in [2.24, 2.45) is 0 Å². The smallest absolute Gasteiger partial charge is 0.291 e. The lowest BCUT2D eigenvalue weighted by Gasteiger charge is -2.09. The normalized spacial score (nSPS) is 12.6. The third kappa shape index (κ3) is 3.96. The molecule has 0 fully saturated rings. The van der Waals surface area contributed by atoms with Crippen molar-refractivity contribution in [2.45, 2.75) is 18.0 Å². The molecule has 0 unspecified atom stereocenters. The molecule has 0 bridgehead atoms. The topological polar surface area (TPSA) is 17.1 Å². The number of Topliss-reactive ketones (excluding diaryl/α,β-unsaturated/α-hetero) is 1. The van der Waals surface area contributed by atoms with Crippen LogP contribution in [0.3, 0.4) is 0 Å². The Labute approximate surface area is 98.2 Å². The molecule has 0 spiro atoms.